The third-order valence-corrected chi connectivity index (χ3v) is 5.57. The van der Waals surface area contributed by atoms with Crippen LogP contribution in [0.2, 0.25) is 0 Å². The lowest BCUT2D eigenvalue weighted by molar-refractivity contribution is 0.0600. The number of nitrogens with two attached hydrogens (primary N) is 1. The Labute approximate surface area is 202 Å². The molecule has 0 aliphatic carbocycles. The van der Waals surface area contributed by atoms with Crippen LogP contribution in [0.15, 0.2) is 71.7 Å². The molecular weight excluding hydrogens is 444 g/mol. The van der Waals surface area contributed by atoms with E-state index in [1.807, 2.05) is 61.5 Å². The van der Waals surface area contributed by atoms with E-state index in [1.165, 1.54) is 7.11 Å². The number of carbonyl (C=O) groups excluding carboxylic acids is 2. The molecule has 1 heterocycles. The molecule has 178 valence electrons. The van der Waals surface area contributed by atoms with Gasteiger partial charge in [0.25, 0.3) is 0 Å². The maximum absolute atomic E-state index is 12.2. The molecule has 4 N–H and O–H groups in total. The van der Waals surface area contributed by atoms with Gasteiger partial charge in [-0.1, -0.05) is 42.5 Å². The molecule has 0 bridgehead atoms. The highest BCUT2D eigenvalue weighted by atomic mass is 16.5. The monoisotopic (exact) mass is 470 g/mol. The van der Waals surface area contributed by atoms with Crippen LogP contribution in [-0.4, -0.2) is 53.8 Å². The fourth-order valence-electron chi connectivity index (χ4n) is 4.00. The van der Waals surface area contributed by atoms with E-state index in [4.69, 9.17) is 15.5 Å². The number of aromatic hydroxyl groups is 1. The van der Waals surface area contributed by atoms with Gasteiger partial charge in [0.1, 0.15) is 0 Å². The topological polar surface area (TPSA) is 121 Å². The molecular formula is C27H26N4O4. The fourth-order valence-corrected chi connectivity index (χ4v) is 4.00. The predicted molar refractivity (Wildman–Crippen MR) is 135 cm³/mol. The summed E-state index contributed by atoms with van der Waals surface area (Å²) in [5.41, 5.74) is 10.0. The molecule has 1 amide bonds. The molecule has 4 rings (SSSR count). The molecule has 0 fully saturated rings. The molecule has 0 aliphatic rings. The number of hydrogen-bond acceptors (Lipinski definition) is 6. The number of amides is 1. The van der Waals surface area contributed by atoms with Gasteiger partial charge in [-0.2, -0.15) is 0 Å². The Morgan fingerprint density at radius 3 is 2.43 bits per heavy atom. The number of rotatable bonds is 7. The molecule has 0 aliphatic heterocycles. The summed E-state index contributed by atoms with van der Waals surface area (Å²) in [7, 11) is 5.14. The zero-order chi connectivity index (χ0) is 25.1. The highest BCUT2D eigenvalue weighted by molar-refractivity contribution is 6.22. The summed E-state index contributed by atoms with van der Waals surface area (Å²) in [5.74, 6) is -1.11. The van der Waals surface area contributed by atoms with E-state index in [2.05, 4.69) is 4.98 Å². The number of fused-ring (bicyclic) bond motifs is 1. The van der Waals surface area contributed by atoms with Gasteiger partial charge in [-0.15, -0.1) is 0 Å². The molecule has 0 spiro atoms. The lowest BCUT2D eigenvalue weighted by Gasteiger charge is -2.14. The Bertz CT molecular complexity index is 1440. The summed E-state index contributed by atoms with van der Waals surface area (Å²) in [5, 5.41) is 11.6. The second-order valence-electron chi connectivity index (χ2n) is 8.37. The van der Waals surface area contributed by atoms with Crippen LogP contribution >= 0.6 is 0 Å². The average molecular weight is 471 g/mol. The average Bonchev–Trinajstić information content (AvgIpc) is 3.17. The summed E-state index contributed by atoms with van der Waals surface area (Å²) >= 11 is 0. The van der Waals surface area contributed by atoms with E-state index in [-0.39, 0.29) is 5.88 Å². The minimum atomic E-state index is -0.537. The van der Waals surface area contributed by atoms with Crippen molar-refractivity contribution in [2.45, 2.75) is 6.54 Å². The smallest absolute Gasteiger partial charge is 0.337 e. The first-order valence-corrected chi connectivity index (χ1v) is 10.9. The number of aromatic amines is 1. The third-order valence-electron chi connectivity index (χ3n) is 5.57. The van der Waals surface area contributed by atoms with Crippen molar-refractivity contribution < 1.29 is 19.4 Å². The number of ether oxygens (including phenoxy) is 1. The largest absolute Gasteiger partial charge is 0.494 e. The van der Waals surface area contributed by atoms with Crippen LogP contribution < -0.4 is 5.73 Å². The van der Waals surface area contributed by atoms with Crippen molar-refractivity contribution in [3.63, 3.8) is 0 Å². The number of methoxy groups -OCH3 is 1. The van der Waals surface area contributed by atoms with Crippen molar-refractivity contribution in [1.82, 2.24) is 9.88 Å². The summed E-state index contributed by atoms with van der Waals surface area (Å²) < 4.78 is 4.80. The third kappa shape index (κ3) is 4.92. The number of H-pyrrole nitrogens is 1. The summed E-state index contributed by atoms with van der Waals surface area (Å²) in [6.07, 6.45) is 0. The molecule has 8 heteroatoms. The second kappa shape index (κ2) is 9.82. The number of nitrogens with one attached hydrogen (secondary N) is 1. The number of carbonyl (C=O) groups is 2. The number of primary amides is 1. The van der Waals surface area contributed by atoms with Crippen LogP contribution in [0.5, 0.6) is 5.88 Å². The SMILES string of the molecule is COC(=O)c1ccc2c(C(=Nc3ccc(CN(C)C)c(C(N)=O)c3)c3ccccc3)c(O)[nH]c2c1. The van der Waals surface area contributed by atoms with E-state index in [0.29, 0.717) is 45.5 Å². The van der Waals surface area contributed by atoms with Crippen molar-refractivity contribution in [2.24, 2.45) is 10.7 Å². The number of aromatic nitrogens is 1. The van der Waals surface area contributed by atoms with E-state index in [1.54, 1.807) is 24.3 Å². The van der Waals surface area contributed by atoms with E-state index < -0.39 is 11.9 Å². The first-order valence-electron chi connectivity index (χ1n) is 10.9. The number of hydrogen-bond donors (Lipinski definition) is 3. The van der Waals surface area contributed by atoms with Crippen molar-refractivity contribution >= 4 is 34.2 Å². The van der Waals surface area contributed by atoms with Gasteiger partial charge in [-0.3, -0.25) is 4.79 Å². The second-order valence-corrected chi connectivity index (χ2v) is 8.37. The predicted octanol–water partition coefficient (Wildman–Crippen LogP) is 3.99. The van der Waals surface area contributed by atoms with Crippen LogP contribution in [0.25, 0.3) is 10.9 Å². The van der Waals surface area contributed by atoms with Crippen LogP contribution in [-0.2, 0) is 11.3 Å². The molecule has 0 saturated carbocycles. The van der Waals surface area contributed by atoms with Gasteiger partial charge in [0.15, 0.2) is 5.88 Å². The molecule has 1 aromatic heterocycles. The standard InChI is InChI=1S/C27H26N4O4/c1-31(2)15-18-9-11-19(14-21(18)25(28)32)29-24(16-7-5-4-6-8-16)23-20-12-10-17(27(34)35-3)13-22(20)30-26(23)33/h4-14,30,33H,15H2,1-3H3,(H2,28,32). The van der Waals surface area contributed by atoms with Gasteiger partial charge < -0.3 is 25.5 Å². The van der Waals surface area contributed by atoms with Crippen molar-refractivity contribution in [3.8, 4) is 5.88 Å². The number of nitrogens with zero attached hydrogens (tertiary/aromatic N) is 2. The Hall–Kier alpha value is -4.43. The highest BCUT2D eigenvalue weighted by Crippen LogP contribution is 2.32. The van der Waals surface area contributed by atoms with E-state index in [0.717, 1.165) is 11.1 Å². The van der Waals surface area contributed by atoms with E-state index in [9.17, 15) is 14.7 Å². The van der Waals surface area contributed by atoms with Crippen LogP contribution in [0.4, 0.5) is 5.69 Å². The molecule has 35 heavy (non-hydrogen) atoms. The highest BCUT2D eigenvalue weighted by Gasteiger charge is 2.20. The lowest BCUT2D eigenvalue weighted by atomic mass is 9.99. The maximum Gasteiger partial charge on any atom is 0.337 e. The molecule has 3 aromatic carbocycles. The molecule has 0 atom stereocenters. The van der Waals surface area contributed by atoms with Gasteiger partial charge in [-0.05, 0) is 43.9 Å². The summed E-state index contributed by atoms with van der Waals surface area (Å²) in [6.45, 7) is 0.555. The normalized spacial score (nSPS) is 11.7. The Morgan fingerprint density at radius 2 is 1.77 bits per heavy atom. The minimum Gasteiger partial charge on any atom is -0.494 e. The first-order chi connectivity index (χ1) is 16.8. The number of aliphatic imine (C=N–C) groups is 1. The number of esters is 1. The van der Waals surface area contributed by atoms with Gasteiger partial charge in [0, 0.05) is 28.6 Å². The molecule has 4 aromatic rings. The Morgan fingerprint density at radius 1 is 1.03 bits per heavy atom. The Balaban J connectivity index is 1.91. The molecule has 8 nitrogen and oxygen atoms in total. The van der Waals surface area contributed by atoms with Crippen molar-refractivity contribution in [2.75, 3.05) is 21.2 Å². The molecule has 0 unspecified atom stereocenters. The zero-order valence-corrected chi connectivity index (χ0v) is 19.7. The van der Waals surface area contributed by atoms with Crippen molar-refractivity contribution in [3.05, 3.63) is 94.5 Å². The number of benzene rings is 3. The summed E-state index contributed by atoms with van der Waals surface area (Å²) in [4.78, 5) is 33.8. The lowest BCUT2D eigenvalue weighted by Crippen LogP contribution is -2.18. The van der Waals surface area contributed by atoms with Crippen LogP contribution in [0, 0.1) is 0 Å². The van der Waals surface area contributed by atoms with Crippen LogP contribution in [0.1, 0.15) is 37.4 Å². The molecule has 0 radical (unpaired) electrons. The quantitative estimate of drug-likeness (QED) is 0.279. The van der Waals surface area contributed by atoms with Crippen molar-refractivity contribution in [1.29, 1.82) is 0 Å². The summed E-state index contributed by atoms with van der Waals surface area (Å²) in [6, 6.07) is 19.7. The van der Waals surface area contributed by atoms with E-state index >= 15 is 0 Å². The fraction of sp³-hybridized carbons (Fsp3) is 0.148. The van der Waals surface area contributed by atoms with Gasteiger partial charge >= 0.3 is 5.97 Å². The Kier molecular flexibility index (Phi) is 6.66. The minimum absolute atomic E-state index is 0.0935. The maximum atomic E-state index is 12.2. The van der Waals surface area contributed by atoms with Gasteiger partial charge in [0.2, 0.25) is 5.91 Å². The van der Waals surface area contributed by atoms with Crippen LogP contribution in [0.3, 0.4) is 0 Å². The van der Waals surface area contributed by atoms with Gasteiger partial charge in [-0.25, -0.2) is 9.79 Å². The zero-order valence-electron chi connectivity index (χ0n) is 19.7. The first kappa shape index (κ1) is 23.7. The molecule has 0 saturated heterocycles. The van der Waals surface area contributed by atoms with Gasteiger partial charge in [0.05, 0.1) is 29.6 Å².